The summed E-state index contributed by atoms with van der Waals surface area (Å²) in [6.07, 6.45) is 4.52. The molecule has 144 valence electrons. The van der Waals surface area contributed by atoms with Gasteiger partial charge in [0, 0.05) is 41.3 Å². The van der Waals surface area contributed by atoms with E-state index in [2.05, 4.69) is 15.6 Å². The number of benzene rings is 2. The van der Waals surface area contributed by atoms with Crippen molar-refractivity contribution in [2.75, 3.05) is 18.4 Å². The van der Waals surface area contributed by atoms with E-state index < -0.39 is 4.92 Å². The predicted octanol–water partition coefficient (Wildman–Crippen LogP) is 3.80. The summed E-state index contributed by atoms with van der Waals surface area (Å²) in [5.41, 5.74) is 4.83. The summed E-state index contributed by atoms with van der Waals surface area (Å²) in [6.45, 7) is 0.770. The first-order valence-electron chi connectivity index (χ1n) is 9.52. The fourth-order valence-corrected chi connectivity index (χ4v) is 3.80. The average Bonchev–Trinajstić information content (AvgIpc) is 3.09. The van der Waals surface area contributed by atoms with Crippen LogP contribution in [-0.2, 0) is 12.8 Å². The quantitative estimate of drug-likeness (QED) is 0.345. The zero-order chi connectivity index (χ0) is 19.5. The number of H-pyrrole nitrogens is 1. The van der Waals surface area contributed by atoms with Gasteiger partial charge < -0.3 is 15.6 Å². The highest BCUT2D eigenvalue weighted by atomic mass is 16.6. The van der Waals surface area contributed by atoms with Gasteiger partial charge in [0.05, 0.1) is 4.92 Å². The number of aromatic amines is 1. The number of fused-ring (bicyclic) bond motifs is 3. The molecule has 3 N–H and O–H groups in total. The molecule has 0 atom stereocenters. The Morgan fingerprint density at radius 2 is 1.93 bits per heavy atom. The molecule has 2 aromatic carbocycles. The summed E-state index contributed by atoms with van der Waals surface area (Å²) >= 11 is 0. The maximum Gasteiger partial charge on any atom is 0.292 e. The molecule has 7 heteroatoms. The Labute approximate surface area is 162 Å². The van der Waals surface area contributed by atoms with E-state index in [-0.39, 0.29) is 11.6 Å². The zero-order valence-electron chi connectivity index (χ0n) is 15.5. The van der Waals surface area contributed by atoms with Crippen molar-refractivity contribution in [3.63, 3.8) is 0 Å². The maximum atomic E-state index is 12.5. The number of aryl methyl sites for hydroxylation is 2. The Morgan fingerprint density at radius 3 is 2.79 bits per heavy atom. The standard InChI is InChI=1S/C21H22N4O3/c26-21(23-12-11-22-19-7-3-4-8-20(19)25(27)28)14-9-10-18-16(13-14)15-5-1-2-6-17(15)24-18/h3-4,7-10,13,22,24H,1-2,5-6,11-12H2,(H,23,26). The molecule has 1 aromatic heterocycles. The van der Waals surface area contributed by atoms with Crippen LogP contribution in [0.4, 0.5) is 11.4 Å². The first kappa shape index (κ1) is 18.0. The maximum absolute atomic E-state index is 12.5. The van der Waals surface area contributed by atoms with E-state index in [1.54, 1.807) is 18.2 Å². The molecule has 0 saturated carbocycles. The minimum Gasteiger partial charge on any atom is -0.378 e. The van der Waals surface area contributed by atoms with E-state index in [1.807, 2.05) is 18.2 Å². The lowest BCUT2D eigenvalue weighted by molar-refractivity contribution is -0.384. The van der Waals surface area contributed by atoms with Crippen LogP contribution in [0.3, 0.4) is 0 Å². The molecule has 3 aromatic rings. The van der Waals surface area contributed by atoms with E-state index in [4.69, 9.17) is 0 Å². The summed E-state index contributed by atoms with van der Waals surface area (Å²) in [7, 11) is 0. The molecule has 0 bridgehead atoms. The van der Waals surface area contributed by atoms with E-state index >= 15 is 0 Å². The van der Waals surface area contributed by atoms with Gasteiger partial charge in [0.25, 0.3) is 11.6 Å². The van der Waals surface area contributed by atoms with Crippen LogP contribution in [0.2, 0.25) is 0 Å². The number of nitrogens with zero attached hydrogens (tertiary/aromatic N) is 1. The number of nitro benzene ring substituents is 1. The molecule has 0 saturated heterocycles. The number of para-hydroxylation sites is 2. The highest BCUT2D eigenvalue weighted by Gasteiger charge is 2.17. The van der Waals surface area contributed by atoms with Gasteiger partial charge in [0.15, 0.2) is 0 Å². The Bertz CT molecular complexity index is 1040. The summed E-state index contributed by atoms with van der Waals surface area (Å²) in [4.78, 5) is 26.6. The third-order valence-corrected chi connectivity index (χ3v) is 5.19. The van der Waals surface area contributed by atoms with Crippen molar-refractivity contribution in [3.8, 4) is 0 Å². The van der Waals surface area contributed by atoms with Crippen LogP contribution < -0.4 is 10.6 Å². The van der Waals surface area contributed by atoms with Crippen LogP contribution in [0, 0.1) is 10.1 Å². The number of anilines is 1. The third-order valence-electron chi connectivity index (χ3n) is 5.19. The van der Waals surface area contributed by atoms with Crippen LogP contribution in [0.5, 0.6) is 0 Å². The van der Waals surface area contributed by atoms with Crippen molar-refractivity contribution < 1.29 is 9.72 Å². The number of hydrogen-bond acceptors (Lipinski definition) is 4. The Balaban J connectivity index is 1.38. The van der Waals surface area contributed by atoms with Crippen LogP contribution >= 0.6 is 0 Å². The van der Waals surface area contributed by atoms with E-state index in [0.717, 1.165) is 23.7 Å². The number of carbonyl (C=O) groups excluding carboxylic acids is 1. The average molecular weight is 378 g/mol. The Kier molecular flexibility index (Phi) is 4.97. The smallest absolute Gasteiger partial charge is 0.292 e. The van der Waals surface area contributed by atoms with Gasteiger partial charge in [-0.15, -0.1) is 0 Å². The van der Waals surface area contributed by atoms with Crippen LogP contribution in [0.25, 0.3) is 10.9 Å². The van der Waals surface area contributed by atoms with Gasteiger partial charge in [-0.1, -0.05) is 12.1 Å². The SMILES string of the molecule is O=C(NCCNc1ccccc1[N+](=O)[O-])c1ccc2[nH]c3c(c2c1)CCCC3. The lowest BCUT2D eigenvalue weighted by Gasteiger charge is -2.11. The van der Waals surface area contributed by atoms with Gasteiger partial charge >= 0.3 is 0 Å². The lowest BCUT2D eigenvalue weighted by Crippen LogP contribution is -2.28. The molecule has 4 rings (SSSR count). The second-order valence-corrected chi connectivity index (χ2v) is 7.01. The molecule has 1 amide bonds. The third kappa shape index (κ3) is 3.55. The summed E-state index contributed by atoms with van der Waals surface area (Å²) < 4.78 is 0. The zero-order valence-corrected chi connectivity index (χ0v) is 15.5. The van der Waals surface area contributed by atoms with Crippen molar-refractivity contribution in [1.29, 1.82) is 0 Å². The molecule has 0 unspecified atom stereocenters. The van der Waals surface area contributed by atoms with Crippen molar-refractivity contribution >= 4 is 28.2 Å². The number of hydrogen-bond donors (Lipinski definition) is 3. The van der Waals surface area contributed by atoms with E-state index in [1.165, 1.54) is 30.2 Å². The summed E-state index contributed by atoms with van der Waals surface area (Å²) in [5, 5.41) is 18.0. The van der Waals surface area contributed by atoms with Gasteiger partial charge in [-0.25, -0.2) is 0 Å². The van der Waals surface area contributed by atoms with Crippen LogP contribution in [0.15, 0.2) is 42.5 Å². The van der Waals surface area contributed by atoms with Crippen molar-refractivity contribution in [2.24, 2.45) is 0 Å². The monoisotopic (exact) mass is 378 g/mol. The van der Waals surface area contributed by atoms with Crippen LogP contribution in [0.1, 0.15) is 34.5 Å². The van der Waals surface area contributed by atoms with Crippen molar-refractivity contribution in [1.82, 2.24) is 10.3 Å². The summed E-state index contributed by atoms with van der Waals surface area (Å²) in [5.74, 6) is -0.142. The predicted molar refractivity (Wildman–Crippen MR) is 109 cm³/mol. The van der Waals surface area contributed by atoms with Crippen molar-refractivity contribution in [2.45, 2.75) is 25.7 Å². The summed E-state index contributed by atoms with van der Waals surface area (Å²) in [6, 6.07) is 12.2. The molecular formula is C21H22N4O3. The molecule has 1 aliphatic rings. The number of rotatable bonds is 6. The molecule has 1 aliphatic carbocycles. The minimum absolute atomic E-state index is 0.0245. The van der Waals surface area contributed by atoms with Gasteiger partial charge in [-0.2, -0.15) is 0 Å². The molecule has 0 spiro atoms. The molecule has 7 nitrogen and oxygen atoms in total. The number of amides is 1. The van der Waals surface area contributed by atoms with Gasteiger partial charge in [0.2, 0.25) is 0 Å². The molecular weight excluding hydrogens is 356 g/mol. The molecule has 0 aliphatic heterocycles. The van der Waals surface area contributed by atoms with E-state index in [9.17, 15) is 14.9 Å². The highest BCUT2D eigenvalue weighted by molar-refractivity contribution is 5.99. The molecule has 0 radical (unpaired) electrons. The highest BCUT2D eigenvalue weighted by Crippen LogP contribution is 2.29. The fourth-order valence-electron chi connectivity index (χ4n) is 3.80. The van der Waals surface area contributed by atoms with Crippen molar-refractivity contribution in [3.05, 3.63) is 69.4 Å². The number of carbonyl (C=O) groups is 1. The molecule has 1 heterocycles. The lowest BCUT2D eigenvalue weighted by atomic mass is 9.95. The van der Waals surface area contributed by atoms with E-state index in [0.29, 0.717) is 24.3 Å². The van der Waals surface area contributed by atoms with Crippen LogP contribution in [-0.4, -0.2) is 28.9 Å². The Morgan fingerprint density at radius 1 is 1.11 bits per heavy atom. The topological polar surface area (TPSA) is 100 Å². The number of nitro groups is 1. The first-order chi connectivity index (χ1) is 13.6. The van der Waals surface area contributed by atoms with Gasteiger partial charge in [-0.3, -0.25) is 14.9 Å². The largest absolute Gasteiger partial charge is 0.378 e. The first-order valence-corrected chi connectivity index (χ1v) is 9.52. The second-order valence-electron chi connectivity index (χ2n) is 7.01. The number of nitrogens with one attached hydrogen (secondary N) is 3. The number of aromatic nitrogens is 1. The Hall–Kier alpha value is -3.35. The minimum atomic E-state index is -0.423. The molecule has 28 heavy (non-hydrogen) atoms. The second kappa shape index (κ2) is 7.72. The normalized spacial score (nSPS) is 13.1. The molecule has 0 fully saturated rings. The van der Waals surface area contributed by atoms with Gasteiger partial charge in [-0.05, 0) is 55.5 Å². The fraction of sp³-hybridized carbons (Fsp3) is 0.286. The van der Waals surface area contributed by atoms with Gasteiger partial charge in [0.1, 0.15) is 5.69 Å².